The second kappa shape index (κ2) is 4.78. The predicted octanol–water partition coefficient (Wildman–Crippen LogP) is 0.248. The fourth-order valence-electron chi connectivity index (χ4n) is 2.41. The molecule has 0 spiro atoms. The summed E-state index contributed by atoms with van der Waals surface area (Å²) in [6, 6.07) is 7.47. The fourth-order valence-corrected chi connectivity index (χ4v) is 2.41. The topological polar surface area (TPSA) is 78.4 Å². The molecule has 2 rings (SSSR count). The minimum atomic E-state index is -1.14. The average molecular weight is 248 g/mol. The number of aryl methyl sites for hydroxylation is 1. The molecule has 5 nitrogen and oxygen atoms in total. The number of likely N-dealkylation sites (N-methyl/N-ethyl adjacent to an activating group) is 1. The van der Waals surface area contributed by atoms with Crippen molar-refractivity contribution in [2.24, 2.45) is 0 Å². The van der Waals surface area contributed by atoms with Crippen LogP contribution in [-0.2, 0) is 21.5 Å². The van der Waals surface area contributed by atoms with Crippen LogP contribution in [0, 0.1) is 0 Å². The van der Waals surface area contributed by atoms with Gasteiger partial charge in [0, 0.05) is 7.05 Å². The highest BCUT2D eigenvalue weighted by molar-refractivity contribution is 5.84. The molecule has 0 aromatic heterocycles. The van der Waals surface area contributed by atoms with Gasteiger partial charge in [-0.15, -0.1) is 0 Å². The number of aliphatic carboxylic acids is 1. The third-order valence-electron chi connectivity index (χ3n) is 3.44. The molecule has 3 N–H and O–H groups in total. The number of benzene rings is 1. The van der Waals surface area contributed by atoms with Crippen LogP contribution in [0.15, 0.2) is 24.3 Å². The van der Waals surface area contributed by atoms with Crippen molar-refractivity contribution in [3.8, 4) is 0 Å². The van der Waals surface area contributed by atoms with Gasteiger partial charge in [0.05, 0.1) is 6.54 Å². The zero-order valence-corrected chi connectivity index (χ0v) is 10.2. The van der Waals surface area contributed by atoms with E-state index in [0.29, 0.717) is 12.8 Å². The Morgan fingerprint density at radius 1 is 1.39 bits per heavy atom. The molecule has 18 heavy (non-hydrogen) atoms. The minimum absolute atomic E-state index is 0.00284. The molecule has 1 aromatic carbocycles. The third kappa shape index (κ3) is 1.97. The molecule has 1 atom stereocenters. The summed E-state index contributed by atoms with van der Waals surface area (Å²) in [7, 11) is 1.53. The number of fused-ring (bicyclic) bond motifs is 1. The first-order chi connectivity index (χ1) is 8.60. The number of carboxylic acids is 1. The maximum atomic E-state index is 11.6. The Morgan fingerprint density at radius 2 is 2.11 bits per heavy atom. The molecule has 1 amide bonds. The predicted molar refractivity (Wildman–Crippen MR) is 66.1 cm³/mol. The number of hydrogen-bond donors (Lipinski definition) is 3. The monoisotopic (exact) mass is 248 g/mol. The van der Waals surface area contributed by atoms with E-state index in [0.717, 1.165) is 11.1 Å². The molecule has 0 saturated carbocycles. The molecule has 96 valence electrons. The Morgan fingerprint density at radius 3 is 2.78 bits per heavy atom. The molecule has 0 heterocycles. The van der Waals surface area contributed by atoms with Crippen molar-refractivity contribution in [1.82, 2.24) is 10.6 Å². The highest BCUT2D eigenvalue weighted by Gasteiger charge is 2.45. The first-order valence-corrected chi connectivity index (χ1v) is 5.87. The van der Waals surface area contributed by atoms with Crippen LogP contribution in [0.4, 0.5) is 0 Å². The molecule has 0 radical (unpaired) electrons. The van der Waals surface area contributed by atoms with Gasteiger partial charge in [0.25, 0.3) is 0 Å². The number of nitrogens with one attached hydrogen (secondary N) is 2. The van der Waals surface area contributed by atoms with Gasteiger partial charge in [-0.05, 0) is 24.0 Å². The van der Waals surface area contributed by atoms with Crippen molar-refractivity contribution >= 4 is 11.9 Å². The van der Waals surface area contributed by atoms with E-state index in [1.807, 2.05) is 24.3 Å². The molecule has 1 aromatic rings. The number of amides is 1. The lowest BCUT2D eigenvalue weighted by Crippen LogP contribution is -2.50. The normalized spacial score (nSPS) is 21.4. The van der Waals surface area contributed by atoms with E-state index in [4.69, 9.17) is 0 Å². The van der Waals surface area contributed by atoms with E-state index >= 15 is 0 Å². The van der Waals surface area contributed by atoms with E-state index in [2.05, 4.69) is 10.6 Å². The van der Waals surface area contributed by atoms with Gasteiger partial charge in [-0.2, -0.15) is 0 Å². The molecule has 1 aliphatic carbocycles. The molecule has 0 fully saturated rings. The van der Waals surface area contributed by atoms with Crippen LogP contribution in [0.3, 0.4) is 0 Å². The van der Waals surface area contributed by atoms with Crippen LogP contribution < -0.4 is 10.6 Å². The lowest BCUT2D eigenvalue weighted by atomic mass is 9.92. The summed E-state index contributed by atoms with van der Waals surface area (Å²) in [5.74, 6) is -1.16. The van der Waals surface area contributed by atoms with Gasteiger partial charge in [0.15, 0.2) is 0 Å². The quantitative estimate of drug-likeness (QED) is 0.713. The fraction of sp³-hybridized carbons (Fsp3) is 0.385. The first kappa shape index (κ1) is 12.6. The second-order valence-electron chi connectivity index (χ2n) is 4.39. The summed E-state index contributed by atoms with van der Waals surface area (Å²) in [6.07, 6.45) is 1.18. The Bertz CT molecular complexity index is 487. The van der Waals surface area contributed by atoms with Crippen LogP contribution >= 0.6 is 0 Å². The summed E-state index contributed by atoms with van der Waals surface area (Å²) < 4.78 is 0. The lowest BCUT2D eigenvalue weighted by molar-refractivity contribution is -0.145. The summed E-state index contributed by atoms with van der Waals surface area (Å²) in [5, 5.41) is 14.9. The van der Waals surface area contributed by atoms with E-state index in [1.165, 1.54) is 7.05 Å². The van der Waals surface area contributed by atoms with E-state index in [-0.39, 0.29) is 12.5 Å². The molecular formula is C13H16N2O3. The Labute approximate surface area is 105 Å². The minimum Gasteiger partial charge on any atom is -0.480 e. The number of carbonyl (C=O) groups excluding carboxylic acids is 1. The standard InChI is InChI=1S/C13H16N2O3/c1-14-11(16)8-15-13(12(17)18)7-6-9-4-2-3-5-10(9)13/h2-5,15H,6-8H2,1H3,(H,14,16)(H,17,18). The van der Waals surface area contributed by atoms with Crippen molar-refractivity contribution in [2.45, 2.75) is 18.4 Å². The molecule has 0 bridgehead atoms. The lowest BCUT2D eigenvalue weighted by Gasteiger charge is -2.26. The largest absolute Gasteiger partial charge is 0.480 e. The zero-order valence-electron chi connectivity index (χ0n) is 10.2. The van der Waals surface area contributed by atoms with E-state index < -0.39 is 11.5 Å². The summed E-state index contributed by atoms with van der Waals surface area (Å²) in [6.45, 7) is -0.00284. The SMILES string of the molecule is CNC(=O)CNC1(C(=O)O)CCc2ccccc21. The van der Waals surface area contributed by atoms with Gasteiger partial charge in [-0.25, -0.2) is 4.79 Å². The van der Waals surface area contributed by atoms with Gasteiger partial charge in [0.1, 0.15) is 5.54 Å². The van der Waals surface area contributed by atoms with Gasteiger partial charge in [0.2, 0.25) is 5.91 Å². The number of carbonyl (C=O) groups is 2. The summed E-state index contributed by atoms with van der Waals surface area (Å²) in [5.41, 5.74) is 0.661. The molecule has 0 saturated heterocycles. The smallest absolute Gasteiger partial charge is 0.328 e. The van der Waals surface area contributed by atoms with Crippen LogP contribution in [0.25, 0.3) is 0 Å². The number of hydrogen-bond acceptors (Lipinski definition) is 3. The summed E-state index contributed by atoms with van der Waals surface area (Å²) in [4.78, 5) is 22.9. The molecule has 5 heteroatoms. The van der Waals surface area contributed by atoms with E-state index in [1.54, 1.807) is 0 Å². The number of rotatable bonds is 4. The van der Waals surface area contributed by atoms with Crippen LogP contribution in [0.5, 0.6) is 0 Å². The average Bonchev–Trinajstić information content (AvgIpc) is 2.76. The van der Waals surface area contributed by atoms with Crippen molar-refractivity contribution in [1.29, 1.82) is 0 Å². The summed E-state index contributed by atoms with van der Waals surface area (Å²) >= 11 is 0. The van der Waals surface area contributed by atoms with Gasteiger partial charge in [-0.1, -0.05) is 24.3 Å². The van der Waals surface area contributed by atoms with E-state index in [9.17, 15) is 14.7 Å². The van der Waals surface area contributed by atoms with Crippen molar-refractivity contribution < 1.29 is 14.7 Å². The van der Waals surface area contributed by atoms with Crippen LogP contribution in [0.1, 0.15) is 17.5 Å². The number of carboxylic acid groups (broad SMARTS) is 1. The van der Waals surface area contributed by atoms with Crippen molar-refractivity contribution in [3.63, 3.8) is 0 Å². The molecule has 0 aliphatic heterocycles. The third-order valence-corrected chi connectivity index (χ3v) is 3.44. The van der Waals surface area contributed by atoms with Gasteiger partial charge < -0.3 is 10.4 Å². The van der Waals surface area contributed by atoms with Crippen molar-refractivity contribution in [3.05, 3.63) is 35.4 Å². The first-order valence-electron chi connectivity index (χ1n) is 5.87. The van der Waals surface area contributed by atoms with Crippen LogP contribution in [0.2, 0.25) is 0 Å². The highest BCUT2D eigenvalue weighted by Crippen LogP contribution is 2.36. The highest BCUT2D eigenvalue weighted by atomic mass is 16.4. The Kier molecular flexibility index (Phi) is 3.34. The Hall–Kier alpha value is -1.88. The van der Waals surface area contributed by atoms with Gasteiger partial charge in [-0.3, -0.25) is 10.1 Å². The zero-order chi connectivity index (χ0) is 13.2. The molecule has 1 unspecified atom stereocenters. The Balaban J connectivity index is 2.30. The maximum Gasteiger partial charge on any atom is 0.328 e. The molecule has 1 aliphatic rings. The molecular weight excluding hydrogens is 232 g/mol. The second-order valence-corrected chi connectivity index (χ2v) is 4.39. The maximum absolute atomic E-state index is 11.6. The van der Waals surface area contributed by atoms with Crippen LogP contribution in [-0.4, -0.2) is 30.6 Å². The van der Waals surface area contributed by atoms with Crippen molar-refractivity contribution in [2.75, 3.05) is 13.6 Å². The van der Waals surface area contributed by atoms with Gasteiger partial charge >= 0.3 is 5.97 Å².